The van der Waals surface area contributed by atoms with E-state index in [4.69, 9.17) is 5.11 Å². The van der Waals surface area contributed by atoms with E-state index in [2.05, 4.69) is 17.5 Å². The van der Waals surface area contributed by atoms with Crippen molar-refractivity contribution in [3.63, 3.8) is 0 Å². The molecule has 0 heterocycles. The zero-order valence-corrected chi connectivity index (χ0v) is 9.88. The largest absolute Gasteiger partial charge is 0.396 e. The summed E-state index contributed by atoms with van der Waals surface area (Å²) in [6.45, 7) is 2.61. The molecule has 1 rings (SSSR count). The van der Waals surface area contributed by atoms with Crippen molar-refractivity contribution in [2.24, 2.45) is 0 Å². The second-order valence-electron chi connectivity index (χ2n) is 4.13. The summed E-state index contributed by atoms with van der Waals surface area (Å²) in [6.07, 6.45) is 7.53. The van der Waals surface area contributed by atoms with E-state index in [1.54, 1.807) is 0 Å². The van der Waals surface area contributed by atoms with Gasteiger partial charge in [-0.15, -0.1) is 0 Å². The van der Waals surface area contributed by atoms with Crippen molar-refractivity contribution in [2.75, 3.05) is 25.4 Å². The molecule has 0 aliphatic heterocycles. The number of unbranched alkanes of at least 4 members (excludes halogenated alkanes) is 1. The predicted molar refractivity (Wildman–Crippen MR) is 64.0 cm³/mol. The van der Waals surface area contributed by atoms with E-state index in [9.17, 15) is 0 Å². The first-order valence-electron chi connectivity index (χ1n) is 5.84. The Morgan fingerprint density at radius 1 is 1.14 bits per heavy atom. The van der Waals surface area contributed by atoms with Crippen LogP contribution in [0.2, 0.25) is 0 Å². The number of aliphatic hydroxyl groups is 1. The number of hydrogen-bond acceptors (Lipinski definition) is 3. The molecule has 0 spiro atoms. The molecule has 0 unspecified atom stereocenters. The lowest BCUT2D eigenvalue weighted by Crippen LogP contribution is -2.41. The molecule has 0 atom stereocenters. The second kappa shape index (κ2) is 7.55. The van der Waals surface area contributed by atoms with Gasteiger partial charge >= 0.3 is 0 Å². The van der Waals surface area contributed by atoms with Crippen LogP contribution in [0.3, 0.4) is 0 Å². The van der Waals surface area contributed by atoms with Gasteiger partial charge in [0.25, 0.3) is 0 Å². The summed E-state index contributed by atoms with van der Waals surface area (Å²) in [4.78, 5) is 2.56. The van der Waals surface area contributed by atoms with Crippen LogP contribution in [0.4, 0.5) is 0 Å². The summed E-state index contributed by atoms with van der Waals surface area (Å²) >= 11 is 4.22. The molecule has 0 aromatic heterocycles. The Balaban J connectivity index is 2.14. The molecule has 1 aliphatic carbocycles. The summed E-state index contributed by atoms with van der Waals surface area (Å²) in [5, 5.41) is 8.82. The minimum atomic E-state index is 0.329. The third-order valence-corrected chi connectivity index (χ3v) is 3.36. The Labute approximate surface area is 93.1 Å². The Bertz CT molecular complexity index is 139. The van der Waals surface area contributed by atoms with Crippen molar-refractivity contribution in [1.82, 2.24) is 4.90 Å². The van der Waals surface area contributed by atoms with Crippen molar-refractivity contribution in [2.45, 2.75) is 44.6 Å². The van der Waals surface area contributed by atoms with Crippen molar-refractivity contribution in [3.05, 3.63) is 0 Å². The molecule has 1 fully saturated rings. The molecule has 0 radical (unpaired) electrons. The minimum absolute atomic E-state index is 0.329. The molecule has 0 bridgehead atoms. The molecule has 0 aromatic rings. The van der Waals surface area contributed by atoms with Gasteiger partial charge in [0, 0.05) is 19.2 Å². The molecule has 0 saturated heterocycles. The first-order chi connectivity index (χ1) is 6.88. The van der Waals surface area contributed by atoms with Crippen LogP contribution in [0.15, 0.2) is 0 Å². The highest BCUT2D eigenvalue weighted by Gasteiger charge is 2.23. The predicted octanol–water partition coefficient (Wildman–Crippen LogP) is 1.93. The highest BCUT2D eigenvalue weighted by Crippen LogP contribution is 2.25. The van der Waals surface area contributed by atoms with E-state index in [-0.39, 0.29) is 0 Å². The molecule has 1 saturated carbocycles. The van der Waals surface area contributed by atoms with Crippen LogP contribution >= 0.6 is 12.6 Å². The molecule has 14 heavy (non-hydrogen) atoms. The van der Waals surface area contributed by atoms with E-state index in [1.165, 1.54) is 38.6 Å². The third kappa shape index (κ3) is 4.20. The van der Waals surface area contributed by atoms with Gasteiger partial charge < -0.3 is 10.0 Å². The maximum Gasteiger partial charge on any atom is 0.0443 e. The fraction of sp³-hybridized carbons (Fsp3) is 1.00. The summed E-state index contributed by atoms with van der Waals surface area (Å²) in [5.41, 5.74) is 0. The normalized spacial score (nSPS) is 17.4. The van der Waals surface area contributed by atoms with Crippen molar-refractivity contribution >= 4 is 12.6 Å². The van der Waals surface area contributed by atoms with Gasteiger partial charge in [0.15, 0.2) is 0 Å². The number of rotatable bonds is 8. The quantitative estimate of drug-likeness (QED) is 0.479. The fourth-order valence-electron chi connectivity index (χ4n) is 1.93. The van der Waals surface area contributed by atoms with E-state index >= 15 is 0 Å². The summed E-state index contributed by atoms with van der Waals surface area (Å²) < 4.78 is 0. The molecule has 2 nitrogen and oxygen atoms in total. The lowest BCUT2D eigenvalue weighted by Gasteiger charge is -2.37. The van der Waals surface area contributed by atoms with Gasteiger partial charge in [-0.3, -0.25) is 0 Å². The van der Waals surface area contributed by atoms with Gasteiger partial charge in [-0.2, -0.15) is 12.6 Å². The molecular formula is C11H23NOS. The number of hydrogen-bond donors (Lipinski definition) is 2. The Hall–Kier alpha value is 0.270. The van der Waals surface area contributed by atoms with Crippen molar-refractivity contribution in [1.29, 1.82) is 0 Å². The topological polar surface area (TPSA) is 23.5 Å². The standard InChI is InChI=1S/C11H23NOS/c13-9-4-8-12(7-1-2-10-14)11-5-3-6-11/h11,13-14H,1-10H2. The number of aliphatic hydroxyl groups excluding tert-OH is 1. The van der Waals surface area contributed by atoms with Crippen LogP contribution in [-0.2, 0) is 0 Å². The summed E-state index contributed by atoms with van der Waals surface area (Å²) in [6, 6.07) is 0.821. The van der Waals surface area contributed by atoms with Gasteiger partial charge in [-0.25, -0.2) is 0 Å². The highest BCUT2D eigenvalue weighted by molar-refractivity contribution is 7.80. The molecule has 0 aromatic carbocycles. The molecule has 1 N–H and O–H groups in total. The van der Waals surface area contributed by atoms with Crippen LogP contribution < -0.4 is 0 Å². The van der Waals surface area contributed by atoms with Crippen LogP contribution in [0, 0.1) is 0 Å². The Morgan fingerprint density at radius 3 is 2.36 bits per heavy atom. The maximum atomic E-state index is 8.82. The fourth-order valence-corrected chi connectivity index (χ4v) is 2.15. The van der Waals surface area contributed by atoms with Crippen molar-refractivity contribution < 1.29 is 5.11 Å². The van der Waals surface area contributed by atoms with E-state index in [0.29, 0.717) is 6.61 Å². The molecule has 0 amide bonds. The number of thiol groups is 1. The average molecular weight is 217 g/mol. The third-order valence-electron chi connectivity index (χ3n) is 3.05. The van der Waals surface area contributed by atoms with Crippen LogP contribution in [-0.4, -0.2) is 41.5 Å². The molecule has 3 heteroatoms. The van der Waals surface area contributed by atoms with Gasteiger partial charge in [-0.1, -0.05) is 6.42 Å². The molecule has 84 valence electrons. The minimum Gasteiger partial charge on any atom is -0.396 e. The first kappa shape index (κ1) is 12.3. The monoisotopic (exact) mass is 217 g/mol. The molecule has 1 aliphatic rings. The van der Waals surface area contributed by atoms with Crippen LogP contribution in [0.1, 0.15) is 38.5 Å². The average Bonchev–Trinajstić information content (AvgIpc) is 2.11. The summed E-state index contributed by atoms with van der Waals surface area (Å²) in [5.74, 6) is 0.999. The van der Waals surface area contributed by atoms with E-state index in [1.807, 2.05) is 0 Å². The smallest absolute Gasteiger partial charge is 0.0443 e. The molecular weight excluding hydrogens is 194 g/mol. The lowest BCUT2D eigenvalue weighted by molar-refractivity contribution is 0.115. The lowest BCUT2D eigenvalue weighted by atomic mass is 9.91. The maximum absolute atomic E-state index is 8.82. The SMILES string of the molecule is OCCCN(CCCCS)C1CCC1. The van der Waals surface area contributed by atoms with E-state index in [0.717, 1.165) is 24.8 Å². The summed E-state index contributed by atoms with van der Waals surface area (Å²) in [7, 11) is 0. The zero-order chi connectivity index (χ0) is 10.2. The zero-order valence-electron chi connectivity index (χ0n) is 8.99. The van der Waals surface area contributed by atoms with Gasteiger partial charge in [0.2, 0.25) is 0 Å². The van der Waals surface area contributed by atoms with Gasteiger partial charge in [0.05, 0.1) is 0 Å². The van der Waals surface area contributed by atoms with Crippen LogP contribution in [0.5, 0.6) is 0 Å². The Morgan fingerprint density at radius 2 is 1.86 bits per heavy atom. The first-order valence-corrected chi connectivity index (χ1v) is 6.47. The van der Waals surface area contributed by atoms with Crippen molar-refractivity contribution in [3.8, 4) is 0 Å². The Kier molecular flexibility index (Phi) is 6.65. The van der Waals surface area contributed by atoms with Crippen LogP contribution in [0.25, 0.3) is 0 Å². The highest BCUT2D eigenvalue weighted by atomic mass is 32.1. The number of nitrogens with zero attached hydrogens (tertiary/aromatic N) is 1. The van der Waals surface area contributed by atoms with E-state index < -0.39 is 0 Å². The van der Waals surface area contributed by atoms with Gasteiger partial charge in [0.1, 0.15) is 0 Å². The van der Waals surface area contributed by atoms with Gasteiger partial charge in [-0.05, 0) is 44.4 Å². The second-order valence-corrected chi connectivity index (χ2v) is 4.58.